The van der Waals surface area contributed by atoms with Crippen molar-refractivity contribution >= 4 is 33.2 Å². The second kappa shape index (κ2) is 8.42. The lowest BCUT2D eigenvalue weighted by Gasteiger charge is -2.25. The topological polar surface area (TPSA) is 88.5 Å². The molecule has 10 heteroatoms. The molecule has 0 aliphatic carbocycles. The fourth-order valence-electron chi connectivity index (χ4n) is 3.02. The number of nitrogens with one attached hydrogen (secondary N) is 1. The van der Waals surface area contributed by atoms with Gasteiger partial charge in [-0.25, -0.2) is 12.8 Å². The lowest BCUT2D eigenvalue weighted by Crippen LogP contribution is -2.39. The van der Waals surface area contributed by atoms with Crippen molar-refractivity contribution in [3.8, 4) is 0 Å². The minimum Gasteiger partial charge on any atom is -0.322 e. The molecule has 2 heterocycles. The molecule has 0 bridgehead atoms. The van der Waals surface area contributed by atoms with Crippen LogP contribution in [0.2, 0.25) is 5.02 Å². The molecular weight excluding hydrogens is 409 g/mol. The van der Waals surface area contributed by atoms with Crippen molar-refractivity contribution in [2.24, 2.45) is 0 Å². The summed E-state index contributed by atoms with van der Waals surface area (Å²) in [6.45, 7) is 0.282. The molecule has 1 amide bonds. The third kappa shape index (κ3) is 4.43. The van der Waals surface area contributed by atoms with Crippen molar-refractivity contribution in [1.82, 2.24) is 8.87 Å². The number of piperidine rings is 1. The molecular formula is C18H19ClFN3O4S. The SMILES string of the molecule is O=C(Cn1cccc(S(=O)(=O)N2CCCCC2)c1=O)Nc1ccc(Cl)cc1F. The molecule has 0 unspecified atom stereocenters. The first kappa shape index (κ1) is 20.5. The summed E-state index contributed by atoms with van der Waals surface area (Å²) >= 11 is 5.67. The van der Waals surface area contributed by atoms with Crippen LogP contribution in [0.1, 0.15) is 19.3 Å². The first-order valence-electron chi connectivity index (χ1n) is 8.73. The molecule has 0 radical (unpaired) electrons. The maximum Gasteiger partial charge on any atom is 0.271 e. The maximum atomic E-state index is 13.8. The van der Waals surface area contributed by atoms with Gasteiger partial charge in [-0.05, 0) is 43.2 Å². The van der Waals surface area contributed by atoms with Gasteiger partial charge in [0.2, 0.25) is 15.9 Å². The van der Waals surface area contributed by atoms with Crippen LogP contribution in [0.15, 0.2) is 46.2 Å². The lowest BCUT2D eigenvalue weighted by atomic mass is 10.2. The number of carbonyl (C=O) groups excluding carboxylic acids is 1. The minimum absolute atomic E-state index is 0.0838. The Bertz CT molecular complexity index is 1050. The van der Waals surface area contributed by atoms with Crippen molar-refractivity contribution in [1.29, 1.82) is 0 Å². The number of aromatic nitrogens is 1. The quantitative estimate of drug-likeness (QED) is 0.793. The number of halogens is 2. The molecule has 1 aliphatic rings. The summed E-state index contributed by atoms with van der Waals surface area (Å²) in [6.07, 6.45) is 3.76. The van der Waals surface area contributed by atoms with Gasteiger partial charge in [0.15, 0.2) is 0 Å². The van der Waals surface area contributed by atoms with Crippen molar-refractivity contribution < 1.29 is 17.6 Å². The van der Waals surface area contributed by atoms with Gasteiger partial charge in [0.05, 0.1) is 5.69 Å². The zero-order valence-corrected chi connectivity index (χ0v) is 16.5. The van der Waals surface area contributed by atoms with Gasteiger partial charge in [0.1, 0.15) is 17.3 Å². The van der Waals surface area contributed by atoms with Gasteiger partial charge in [-0.15, -0.1) is 0 Å². The Kier molecular flexibility index (Phi) is 6.17. The summed E-state index contributed by atoms with van der Waals surface area (Å²) < 4.78 is 41.6. The highest BCUT2D eigenvalue weighted by molar-refractivity contribution is 7.89. The zero-order chi connectivity index (χ0) is 20.3. The van der Waals surface area contributed by atoms with E-state index in [2.05, 4.69) is 5.32 Å². The molecule has 1 fully saturated rings. The summed E-state index contributed by atoms with van der Waals surface area (Å²) in [5.41, 5.74) is -0.876. The summed E-state index contributed by atoms with van der Waals surface area (Å²) in [5.74, 6) is -1.38. The summed E-state index contributed by atoms with van der Waals surface area (Å²) in [4.78, 5) is 24.5. The lowest BCUT2D eigenvalue weighted by molar-refractivity contribution is -0.116. The van der Waals surface area contributed by atoms with Gasteiger partial charge in [0.25, 0.3) is 5.56 Å². The van der Waals surface area contributed by atoms with Crippen molar-refractivity contribution in [2.45, 2.75) is 30.7 Å². The number of hydrogen-bond donors (Lipinski definition) is 1. The largest absolute Gasteiger partial charge is 0.322 e. The predicted octanol–water partition coefficient (Wildman–Crippen LogP) is 2.45. The van der Waals surface area contributed by atoms with E-state index in [1.165, 1.54) is 34.8 Å². The average Bonchev–Trinajstić information content (AvgIpc) is 2.66. The molecule has 28 heavy (non-hydrogen) atoms. The van der Waals surface area contributed by atoms with E-state index in [0.717, 1.165) is 29.9 Å². The smallest absolute Gasteiger partial charge is 0.271 e. The van der Waals surface area contributed by atoms with Crippen LogP contribution in [0.5, 0.6) is 0 Å². The molecule has 1 aromatic carbocycles. The van der Waals surface area contributed by atoms with Crippen molar-refractivity contribution in [3.63, 3.8) is 0 Å². The van der Waals surface area contributed by atoms with E-state index in [1.807, 2.05) is 0 Å². The second-order valence-electron chi connectivity index (χ2n) is 6.44. The maximum absolute atomic E-state index is 13.8. The Hall–Kier alpha value is -2.23. The van der Waals surface area contributed by atoms with Crippen molar-refractivity contribution in [2.75, 3.05) is 18.4 Å². The van der Waals surface area contributed by atoms with E-state index in [0.29, 0.717) is 13.1 Å². The number of carbonyl (C=O) groups is 1. The molecule has 0 atom stereocenters. The van der Waals surface area contributed by atoms with E-state index >= 15 is 0 Å². The number of hydrogen-bond acceptors (Lipinski definition) is 4. The highest BCUT2D eigenvalue weighted by Gasteiger charge is 2.29. The van der Waals surface area contributed by atoms with Crippen LogP contribution in [0.25, 0.3) is 0 Å². The van der Waals surface area contributed by atoms with Crippen molar-refractivity contribution in [3.05, 3.63) is 57.7 Å². The normalized spacial score (nSPS) is 15.4. The van der Waals surface area contributed by atoms with Crippen LogP contribution >= 0.6 is 11.6 Å². The van der Waals surface area contributed by atoms with Gasteiger partial charge in [0, 0.05) is 24.3 Å². The Balaban J connectivity index is 1.81. The number of anilines is 1. The first-order chi connectivity index (χ1) is 13.3. The summed E-state index contributed by atoms with van der Waals surface area (Å²) in [5, 5.41) is 2.53. The molecule has 0 spiro atoms. The number of nitrogens with zero attached hydrogens (tertiary/aromatic N) is 2. The van der Waals surface area contributed by atoms with Crippen LogP contribution < -0.4 is 10.9 Å². The first-order valence-corrected chi connectivity index (χ1v) is 10.6. The summed E-state index contributed by atoms with van der Waals surface area (Å²) in [6, 6.07) is 6.40. The number of pyridine rings is 1. The van der Waals surface area contributed by atoms with E-state index in [4.69, 9.17) is 11.6 Å². The van der Waals surface area contributed by atoms with Gasteiger partial charge in [-0.3, -0.25) is 9.59 Å². The molecule has 1 saturated heterocycles. The molecule has 0 saturated carbocycles. The Morgan fingerprint density at radius 1 is 1.18 bits per heavy atom. The predicted molar refractivity (Wildman–Crippen MR) is 103 cm³/mol. The Labute approximate surface area is 166 Å². The zero-order valence-electron chi connectivity index (χ0n) is 14.9. The molecule has 1 aromatic heterocycles. The third-order valence-electron chi connectivity index (χ3n) is 4.44. The average molecular weight is 428 g/mol. The number of amides is 1. The van der Waals surface area contributed by atoms with E-state index < -0.39 is 33.9 Å². The molecule has 2 aromatic rings. The van der Waals surface area contributed by atoms with E-state index in [-0.39, 0.29) is 15.6 Å². The minimum atomic E-state index is -3.93. The number of benzene rings is 1. The van der Waals surface area contributed by atoms with E-state index in [1.54, 1.807) is 0 Å². The van der Waals surface area contributed by atoms with Crippen LogP contribution in [0.4, 0.5) is 10.1 Å². The van der Waals surface area contributed by atoms with Crippen LogP contribution in [-0.2, 0) is 21.4 Å². The summed E-state index contributed by atoms with van der Waals surface area (Å²) in [7, 11) is -3.93. The van der Waals surface area contributed by atoms with Crippen LogP contribution in [-0.4, -0.2) is 36.3 Å². The standard InChI is InChI=1S/C18H19ClFN3O4S/c19-13-6-7-15(14(20)11-13)21-17(24)12-22-8-4-5-16(18(22)25)28(26,27)23-9-2-1-3-10-23/h4-8,11H,1-3,9-10,12H2,(H,21,24). The molecule has 1 N–H and O–H groups in total. The van der Waals surface area contributed by atoms with E-state index in [9.17, 15) is 22.4 Å². The Morgan fingerprint density at radius 3 is 2.57 bits per heavy atom. The fraction of sp³-hybridized carbons (Fsp3) is 0.333. The van der Waals surface area contributed by atoms with Gasteiger partial charge in [-0.1, -0.05) is 18.0 Å². The van der Waals surface area contributed by atoms with Crippen LogP contribution in [0.3, 0.4) is 0 Å². The highest BCUT2D eigenvalue weighted by Crippen LogP contribution is 2.19. The molecule has 3 rings (SSSR count). The highest BCUT2D eigenvalue weighted by atomic mass is 35.5. The van der Waals surface area contributed by atoms with Gasteiger partial charge < -0.3 is 9.88 Å². The molecule has 7 nitrogen and oxygen atoms in total. The third-order valence-corrected chi connectivity index (χ3v) is 6.58. The van der Waals surface area contributed by atoms with Gasteiger partial charge in [-0.2, -0.15) is 4.31 Å². The number of rotatable bonds is 5. The van der Waals surface area contributed by atoms with Crippen LogP contribution in [0, 0.1) is 5.82 Å². The van der Waals surface area contributed by atoms with Gasteiger partial charge >= 0.3 is 0 Å². The monoisotopic (exact) mass is 427 g/mol. The fourth-order valence-corrected chi connectivity index (χ4v) is 4.78. The molecule has 1 aliphatic heterocycles. The Morgan fingerprint density at radius 2 is 1.89 bits per heavy atom. The number of sulfonamides is 1. The molecule has 150 valence electrons. The second-order valence-corrected chi connectivity index (χ2v) is 8.79.